The van der Waals surface area contributed by atoms with Gasteiger partial charge in [0.15, 0.2) is 0 Å². The van der Waals surface area contributed by atoms with Crippen molar-refractivity contribution in [3.8, 4) is 0 Å². The van der Waals surface area contributed by atoms with Crippen LogP contribution in [0.15, 0.2) is 0 Å². The number of hydrogen-bond acceptors (Lipinski definition) is 1. The quantitative estimate of drug-likeness (QED) is 0.418. The van der Waals surface area contributed by atoms with Gasteiger partial charge in [0, 0.05) is 4.43 Å². The SMILES string of the molecule is CC(C)C(C)OC1(CI)CCCCCC1. The van der Waals surface area contributed by atoms with Crippen molar-refractivity contribution in [1.82, 2.24) is 0 Å². The van der Waals surface area contributed by atoms with Gasteiger partial charge in [-0.2, -0.15) is 0 Å². The lowest BCUT2D eigenvalue weighted by molar-refractivity contribution is -0.0948. The van der Waals surface area contributed by atoms with Gasteiger partial charge in [-0.15, -0.1) is 0 Å². The standard InChI is InChI=1S/C13H25IO/c1-11(2)12(3)15-13(10-14)8-6-4-5-7-9-13/h11-12H,4-10H2,1-3H3. The normalized spacial score (nSPS) is 23.8. The van der Waals surface area contributed by atoms with Gasteiger partial charge < -0.3 is 4.74 Å². The minimum Gasteiger partial charge on any atom is -0.371 e. The van der Waals surface area contributed by atoms with Gasteiger partial charge in [-0.05, 0) is 25.7 Å². The highest BCUT2D eigenvalue weighted by molar-refractivity contribution is 14.1. The zero-order chi connectivity index (χ0) is 11.3. The third-order valence-electron chi connectivity index (χ3n) is 3.63. The molecule has 0 aromatic heterocycles. The molecular weight excluding hydrogens is 299 g/mol. The van der Waals surface area contributed by atoms with Crippen LogP contribution in [-0.4, -0.2) is 16.1 Å². The van der Waals surface area contributed by atoms with E-state index in [4.69, 9.17) is 4.74 Å². The van der Waals surface area contributed by atoms with Gasteiger partial charge in [0.25, 0.3) is 0 Å². The third-order valence-corrected chi connectivity index (χ3v) is 5.02. The lowest BCUT2D eigenvalue weighted by atomic mass is 9.95. The smallest absolute Gasteiger partial charge is 0.0775 e. The summed E-state index contributed by atoms with van der Waals surface area (Å²) in [7, 11) is 0. The van der Waals surface area contributed by atoms with E-state index in [-0.39, 0.29) is 5.60 Å². The summed E-state index contributed by atoms with van der Waals surface area (Å²) in [5.74, 6) is 0.632. The van der Waals surface area contributed by atoms with Crippen LogP contribution in [0.5, 0.6) is 0 Å². The molecule has 0 saturated heterocycles. The van der Waals surface area contributed by atoms with E-state index in [2.05, 4.69) is 43.4 Å². The maximum Gasteiger partial charge on any atom is 0.0775 e. The molecule has 0 amide bonds. The number of ether oxygens (including phenoxy) is 1. The Morgan fingerprint density at radius 2 is 1.60 bits per heavy atom. The van der Waals surface area contributed by atoms with Gasteiger partial charge in [0.2, 0.25) is 0 Å². The summed E-state index contributed by atoms with van der Waals surface area (Å²) in [5.41, 5.74) is 0.195. The molecule has 0 aromatic carbocycles. The minimum absolute atomic E-state index is 0.195. The number of hydrogen-bond donors (Lipinski definition) is 0. The van der Waals surface area contributed by atoms with Crippen LogP contribution in [0.1, 0.15) is 59.3 Å². The fourth-order valence-electron chi connectivity index (χ4n) is 2.19. The van der Waals surface area contributed by atoms with Gasteiger partial charge in [0.1, 0.15) is 0 Å². The number of alkyl halides is 1. The van der Waals surface area contributed by atoms with E-state index in [9.17, 15) is 0 Å². The molecule has 0 heterocycles. The molecule has 1 atom stereocenters. The zero-order valence-electron chi connectivity index (χ0n) is 10.4. The van der Waals surface area contributed by atoms with Crippen molar-refractivity contribution in [1.29, 1.82) is 0 Å². The van der Waals surface area contributed by atoms with Crippen molar-refractivity contribution in [2.75, 3.05) is 4.43 Å². The molecule has 1 saturated carbocycles. The van der Waals surface area contributed by atoms with Crippen LogP contribution in [0.3, 0.4) is 0 Å². The zero-order valence-corrected chi connectivity index (χ0v) is 12.5. The molecule has 15 heavy (non-hydrogen) atoms. The highest BCUT2D eigenvalue weighted by atomic mass is 127. The Labute approximate surface area is 108 Å². The average Bonchev–Trinajstić information content (AvgIpc) is 2.44. The Kier molecular flexibility index (Phi) is 5.90. The maximum absolute atomic E-state index is 6.36. The first-order chi connectivity index (χ1) is 7.09. The lowest BCUT2D eigenvalue weighted by Crippen LogP contribution is -2.38. The van der Waals surface area contributed by atoms with Crippen molar-refractivity contribution < 1.29 is 4.74 Å². The van der Waals surface area contributed by atoms with E-state index in [1.54, 1.807) is 0 Å². The molecule has 1 unspecified atom stereocenters. The average molecular weight is 324 g/mol. The first-order valence-corrected chi connectivity index (χ1v) is 7.86. The molecule has 0 N–H and O–H groups in total. The van der Waals surface area contributed by atoms with Gasteiger partial charge >= 0.3 is 0 Å². The molecule has 0 aromatic rings. The first kappa shape index (κ1) is 13.8. The Morgan fingerprint density at radius 3 is 2.00 bits per heavy atom. The highest BCUT2D eigenvalue weighted by Crippen LogP contribution is 2.34. The van der Waals surface area contributed by atoms with Crippen molar-refractivity contribution in [2.24, 2.45) is 5.92 Å². The van der Waals surface area contributed by atoms with E-state index in [1.165, 1.54) is 38.5 Å². The minimum atomic E-state index is 0.195. The molecule has 0 aliphatic heterocycles. The van der Waals surface area contributed by atoms with Crippen LogP contribution < -0.4 is 0 Å². The topological polar surface area (TPSA) is 9.23 Å². The Balaban J connectivity index is 2.57. The van der Waals surface area contributed by atoms with Crippen molar-refractivity contribution in [3.63, 3.8) is 0 Å². The fraction of sp³-hybridized carbons (Fsp3) is 1.00. The predicted octanol–water partition coefficient (Wildman–Crippen LogP) is 4.58. The Bertz CT molecular complexity index is 171. The molecule has 1 aliphatic carbocycles. The molecule has 0 bridgehead atoms. The van der Waals surface area contributed by atoms with Crippen molar-refractivity contribution in [3.05, 3.63) is 0 Å². The Hall–Kier alpha value is 0.690. The summed E-state index contributed by atoms with van der Waals surface area (Å²) in [6.45, 7) is 6.73. The highest BCUT2D eigenvalue weighted by Gasteiger charge is 2.32. The van der Waals surface area contributed by atoms with Gasteiger partial charge in [-0.1, -0.05) is 62.1 Å². The maximum atomic E-state index is 6.36. The number of halogens is 1. The largest absolute Gasteiger partial charge is 0.371 e. The molecule has 2 heteroatoms. The molecular formula is C13H25IO. The van der Waals surface area contributed by atoms with Gasteiger partial charge in [-0.3, -0.25) is 0 Å². The summed E-state index contributed by atoms with van der Waals surface area (Å²) in [6.07, 6.45) is 8.45. The van der Waals surface area contributed by atoms with Crippen molar-refractivity contribution >= 4 is 22.6 Å². The van der Waals surface area contributed by atoms with Crippen LogP contribution in [-0.2, 0) is 4.74 Å². The van der Waals surface area contributed by atoms with Gasteiger partial charge in [-0.25, -0.2) is 0 Å². The van der Waals surface area contributed by atoms with E-state index < -0.39 is 0 Å². The second-order valence-electron chi connectivity index (χ2n) is 5.30. The van der Waals surface area contributed by atoms with E-state index in [1.807, 2.05) is 0 Å². The molecule has 90 valence electrons. The third kappa shape index (κ3) is 4.22. The molecule has 0 radical (unpaired) electrons. The number of rotatable bonds is 4. The molecule has 1 aliphatic rings. The monoisotopic (exact) mass is 324 g/mol. The summed E-state index contributed by atoms with van der Waals surface area (Å²) >= 11 is 2.51. The van der Waals surface area contributed by atoms with Crippen LogP contribution in [0, 0.1) is 5.92 Å². The Morgan fingerprint density at radius 1 is 1.07 bits per heavy atom. The molecule has 1 nitrogen and oxygen atoms in total. The second-order valence-corrected chi connectivity index (χ2v) is 6.06. The lowest BCUT2D eigenvalue weighted by Gasteiger charge is -2.35. The van der Waals surface area contributed by atoms with E-state index in [0.29, 0.717) is 12.0 Å². The van der Waals surface area contributed by atoms with Crippen LogP contribution in [0.4, 0.5) is 0 Å². The van der Waals surface area contributed by atoms with Crippen LogP contribution in [0.25, 0.3) is 0 Å². The summed E-state index contributed by atoms with van der Waals surface area (Å²) < 4.78 is 7.52. The summed E-state index contributed by atoms with van der Waals surface area (Å²) in [6, 6.07) is 0. The molecule has 1 fully saturated rings. The summed E-state index contributed by atoms with van der Waals surface area (Å²) in [4.78, 5) is 0. The van der Waals surface area contributed by atoms with Gasteiger partial charge in [0.05, 0.1) is 11.7 Å². The molecule has 0 spiro atoms. The first-order valence-electron chi connectivity index (χ1n) is 6.33. The van der Waals surface area contributed by atoms with Crippen molar-refractivity contribution in [2.45, 2.75) is 71.0 Å². The summed E-state index contributed by atoms with van der Waals surface area (Å²) in [5, 5.41) is 0. The van der Waals surface area contributed by atoms with Crippen LogP contribution in [0.2, 0.25) is 0 Å². The van der Waals surface area contributed by atoms with E-state index in [0.717, 1.165) is 4.43 Å². The molecule has 1 rings (SSSR count). The predicted molar refractivity (Wildman–Crippen MR) is 74.7 cm³/mol. The second kappa shape index (κ2) is 6.43. The van der Waals surface area contributed by atoms with Crippen LogP contribution >= 0.6 is 22.6 Å². The fourth-order valence-corrected chi connectivity index (χ4v) is 3.13. The van der Waals surface area contributed by atoms with E-state index >= 15 is 0 Å².